The van der Waals surface area contributed by atoms with E-state index in [1.54, 1.807) is 0 Å². The van der Waals surface area contributed by atoms with Crippen LogP contribution in [0, 0.1) is 5.92 Å². The van der Waals surface area contributed by atoms with Gasteiger partial charge in [-0.15, -0.1) is 0 Å². The number of hydrogen-bond acceptors (Lipinski definition) is 0. The van der Waals surface area contributed by atoms with Crippen LogP contribution in [0.2, 0.25) is 0 Å². The van der Waals surface area contributed by atoms with Crippen LogP contribution in [0.15, 0.2) is 24.3 Å². The second kappa shape index (κ2) is 7.59. The van der Waals surface area contributed by atoms with Gasteiger partial charge < -0.3 is 0 Å². The maximum atomic E-state index is 2.31. The third-order valence-corrected chi connectivity index (χ3v) is 1.68. The van der Waals surface area contributed by atoms with Gasteiger partial charge in [0.1, 0.15) is 0 Å². The molecule has 0 N–H and O–H groups in total. The Kier molecular flexibility index (Phi) is 7.23. The van der Waals surface area contributed by atoms with Crippen molar-refractivity contribution in [3.05, 3.63) is 24.3 Å². The van der Waals surface area contributed by atoms with Crippen LogP contribution in [0.3, 0.4) is 0 Å². The van der Waals surface area contributed by atoms with Gasteiger partial charge in [-0.3, -0.25) is 0 Å². The first-order valence-corrected chi connectivity index (χ1v) is 4.64. The molecule has 0 aromatic carbocycles. The van der Waals surface area contributed by atoms with Crippen LogP contribution < -0.4 is 0 Å². The van der Waals surface area contributed by atoms with Crippen molar-refractivity contribution in [2.45, 2.75) is 40.0 Å². The lowest BCUT2D eigenvalue weighted by Crippen LogP contribution is -1.89. The summed E-state index contributed by atoms with van der Waals surface area (Å²) in [6.45, 7) is 6.49. The summed E-state index contributed by atoms with van der Waals surface area (Å²) in [5.41, 5.74) is 0. The molecular weight excluding hydrogens is 132 g/mol. The molecule has 0 nitrogen and oxygen atoms in total. The summed E-state index contributed by atoms with van der Waals surface area (Å²) in [5, 5.41) is 0. The van der Waals surface area contributed by atoms with Gasteiger partial charge in [0.15, 0.2) is 0 Å². The van der Waals surface area contributed by atoms with Gasteiger partial charge in [-0.2, -0.15) is 0 Å². The molecule has 11 heavy (non-hydrogen) atoms. The smallest absolute Gasteiger partial charge is 0.00537 e. The molecule has 64 valence electrons. The number of allylic oxidation sites excluding steroid dienone is 4. The average molecular weight is 152 g/mol. The lowest BCUT2D eigenvalue weighted by atomic mass is 10.0. The molecule has 1 unspecified atom stereocenters. The van der Waals surface area contributed by atoms with Crippen molar-refractivity contribution in [3.63, 3.8) is 0 Å². The lowest BCUT2D eigenvalue weighted by Gasteiger charge is -2.03. The van der Waals surface area contributed by atoms with Gasteiger partial charge in [-0.05, 0) is 25.7 Å². The molecule has 0 fully saturated rings. The van der Waals surface area contributed by atoms with Crippen molar-refractivity contribution >= 4 is 0 Å². The second-order valence-corrected chi connectivity index (χ2v) is 2.81. The number of hydrogen-bond donors (Lipinski definition) is 0. The summed E-state index contributed by atoms with van der Waals surface area (Å²) in [5.74, 6) is 0.671. The van der Waals surface area contributed by atoms with Crippen LogP contribution in [0.4, 0.5) is 0 Å². The zero-order chi connectivity index (χ0) is 8.53. The maximum Gasteiger partial charge on any atom is -0.00537 e. The minimum atomic E-state index is 0.671. The van der Waals surface area contributed by atoms with Gasteiger partial charge in [0.25, 0.3) is 0 Å². The van der Waals surface area contributed by atoms with Crippen molar-refractivity contribution < 1.29 is 0 Å². The largest absolute Gasteiger partial charge is 0.0911 e. The predicted octanol–water partition coefficient (Wildman–Crippen LogP) is 3.95. The fourth-order valence-corrected chi connectivity index (χ4v) is 1.15. The van der Waals surface area contributed by atoms with E-state index < -0.39 is 0 Å². The Balaban J connectivity index is 3.78. The summed E-state index contributed by atoms with van der Waals surface area (Å²) in [4.78, 5) is 0. The molecule has 0 saturated heterocycles. The normalized spacial score (nSPS) is 14.8. The quantitative estimate of drug-likeness (QED) is 0.523. The van der Waals surface area contributed by atoms with E-state index in [4.69, 9.17) is 0 Å². The first kappa shape index (κ1) is 10.5. The van der Waals surface area contributed by atoms with E-state index in [2.05, 4.69) is 45.1 Å². The van der Waals surface area contributed by atoms with Crippen molar-refractivity contribution in [2.75, 3.05) is 0 Å². The Morgan fingerprint density at radius 3 is 2.36 bits per heavy atom. The minimum absolute atomic E-state index is 0.671. The molecule has 0 rings (SSSR count). The minimum Gasteiger partial charge on any atom is -0.0911 e. The fraction of sp³-hybridized carbons (Fsp3) is 0.636. The van der Waals surface area contributed by atoms with E-state index in [0.29, 0.717) is 5.92 Å². The molecular formula is C11H20. The van der Waals surface area contributed by atoms with Gasteiger partial charge in [0.2, 0.25) is 0 Å². The summed E-state index contributed by atoms with van der Waals surface area (Å²) in [6, 6.07) is 0. The lowest BCUT2D eigenvalue weighted by molar-refractivity contribution is 0.688. The van der Waals surface area contributed by atoms with Crippen LogP contribution in [-0.4, -0.2) is 0 Å². The summed E-state index contributed by atoms with van der Waals surface area (Å²) in [6.07, 6.45) is 12.7. The fourth-order valence-electron chi connectivity index (χ4n) is 1.15. The Hall–Kier alpha value is -0.520. The monoisotopic (exact) mass is 152 g/mol. The van der Waals surface area contributed by atoms with Gasteiger partial charge >= 0.3 is 0 Å². The highest BCUT2D eigenvalue weighted by molar-refractivity contribution is 4.98. The van der Waals surface area contributed by atoms with E-state index in [0.717, 1.165) is 6.42 Å². The Morgan fingerprint density at radius 2 is 1.91 bits per heavy atom. The van der Waals surface area contributed by atoms with E-state index >= 15 is 0 Å². The highest BCUT2D eigenvalue weighted by Crippen LogP contribution is 2.09. The van der Waals surface area contributed by atoms with Gasteiger partial charge in [-0.1, -0.05) is 44.6 Å². The van der Waals surface area contributed by atoms with Crippen molar-refractivity contribution in [1.82, 2.24) is 0 Å². The van der Waals surface area contributed by atoms with Crippen molar-refractivity contribution in [3.8, 4) is 0 Å². The second-order valence-electron chi connectivity index (χ2n) is 2.81. The van der Waals surface area contributed by atoms with E-state index in [-0.39, 0.29) is 0 Å². The Labute approximate surface area is 71.0 Å². The van der Waals surface area contributed by atoms with E-state index in [9.17, 15) is 0 Å². The highest BCUT2D eigenvalue weighted by atomic mass is 14.0. The van der Waals surface area contributed by atoms with Crippen molar-refractivity contribution in [2.24, 2.45) is 5.92 Å². The van der Waals surface area contributed by atoms with Crippen molar-refractivity contribution in [1.29, 1.82) is 0 Å². The van der Waals surface area contributed by atoms with Gasteiger partial charge in [0.05, 0.1) is 0 Å². The third kappa shape index (κ3) is 5.90. The van der Waals surface area contributed by atoms with Crippen LogP contribution in [0.1, 0.15) is 40.0 Å². The molecule has 0 aliphatic rings. The standard InChI is InChI=1S/C11H20/c1-4-7-10-11(8-5-2)9-6-3/h5,7-8,10-11H,4,6,9H2,1-3H3. The highest BCUT2D eigenvalue weighted by Gasteiger charge is 1.95. The van der Waals surface area contributed by atoms with Gasteiger partial charge in [0, 0.05) is 0 Å². The maximum absolute atomic E-state index is 2.31. The molecule has 0 aromatic heterocycles. The SMILES string of the molecule is CC=CC(C=CCC)CCC. The van der Waals surface area contributed by atoms with Crippen LogP contribution in [0.5, 0.6) is 0 Å². The van der Waals surface area contributed by atoms with Crippen LogP contribution >= 0.6 is 0 Å². The van der Waals surface area contributed by atoms with E-state index in [1.165, 1.54) is 12.8 Å². The molecule has 0 aliphatic heterocycles. The molecule has 0 heterocycles. The summed E-state index contributed by atoms with van der Waals surface area (Å²) in [7, 11) is 0. The topological polar surface area (TPSA) is 0 Å². The van der Waals surface area contributed by atoms with Crippen LogP contribution in [0.25, 0.3) is 0 Å². The predicted molar refractivity (Wildman–Crippen MR) is 52.6 cm³/mol. The molecule has 1 atom stereocenters. The van der Waals surface area contributed by atoms with Crippen LogP contribution in [-0.2, 0) is 0 Å². The molecule has 0 heteroatoms. The molecule has 0 bridgehead atoms. The zero-order valence-electron chi connectivity index (χ0n) is 8.01. The molecule has 0 radical (unpaired) electrons. The molecule has 0 aromatic rings. The number of rotatable bonds is 5. The third-order valence-electron chi connectivity index (χ3n) is 1.68. The average Bonchev–Trinajstić information content (AvgIpc) is 2.01. The molecule has 0 saturated carbocycles. The molecule has 0 spiro atoms. The zero-order valence-corrected chi connectivity index (χ0v) is 8.01. The summed E-state index contributed by atoms with van der Waals surface area (Å²) >= 11 is 0. The first-order valence-electron chi connectivity index (χ1n) is 4.64. The molecule has 0 amide bonds. The summed E-state index contributed by atoms with van der Waals surface area (Å²) < 4.78 is 0. The van der Waals surface area contributed by atoms with Gasteiger partial charge in [-0.25, -0.2) is 0 Å². The molecule has 0 aliphatic carbocycles. The van der Waals surface area contributed by atoms with E-state index in [1.807, 2.05) is 0 Å². The first-order chi connectivity index (χ1) is 5.35. The Bertz CT molecular complexity index is 120. The Morgan fingerprint density at radius 1 is 1.18 bits per heavy atom.